The standard InChI is InChI=1S/C44H50N10O9/c55-38(12-18-61-20-22-63-23-21-62-19-14-45-33-5-3-4-31-40(33)44(60)54(43(31)59)36-10-11-39(56)51-42(36)58)46-13-17-53-35-9-6-28(24-29(35)26-47-53)41(57)48-30-7-8-32-34(25-30)50-37(49-32)27-52-15-1-2-16-52/h3-9,24-26,36,45H,1-2,10-23,27H2,(H,46,55)(H,48,57)(H,49,50)(H,51,56,58). The molecule has 3 aliphatic rings. The van der Waals surface area contributed by atoms with E-state index in [0.29, 0.717) is 69.6 Å². The fourth-order valence-electron chi connectivity index (χ4n) is 7.99. The number of hydrogen-bond acceptors (Lipinski definition) is 13. The summed E-state index contributed by atoms with van der Waals surface area (Å²) in [6, 6.07) is 14.9. The Bertz CT molecular complexity index is 2510. The maximum Gasteiger partial charge on any atom is 0.264 e. The van der Waals surface area contributed by atoms with Gasteiger partial charge in [-0.3, -0.25) is 48.6 Å². The number of rotatable bonds is 21. The van der Waals surface area contributed by atoms with Crippen molar-refractivity contribution in [2.45, 2.75) is 51.2 Å². The number of fused-ring (bicyclic) bond motifs is 3. The highest BCUT2D eigenvalue weighted by Crippen LogP contribution is 2.32. The van der Waals surface area contributed by atoms with Crippen molar-refractivity contribution in [3.05, 3.63) is 83.3 Å². The first-order valence-corrected chi connectivity index (χ1v) is 21.3. The SMILES string of the molecule is O=C(CCOCCOCCOCCNc1cccc2c1C(=O)N(C1CCC(=O)NC1=O)C2=O)NCCn1ncc2cc(C(=O)Nc3ccc4nc(CN5CCCC5)[nH]c4c3)ccc21. The molecule has 2 aromatic heterocycles. The monoisotopic (exact) mass is 862 g/mol. The van der Waals surface area contributed by atoms with Gasteiger partial charge in [0.15, 0.2) is 0 Å². The van der Waals surface area contributed by atoms with Gasteiger partial charge in [0.1, 0.15) is 11.9 Å². The lowest BCUT2D eigenvalue weighted by Gasteiger charge is -2.27. The third-order valence-corrected chi connectivity index (χ3v) is 11.2. The van der Waals surface area contributed by atoms with E-state index in [1.54, 1.807) is 41.2 Å². The molecule has 63 heavy (non-hydrogen) atoms. The Morgan fingerprint density at radius 2 is 1.65 bits per heavy atom. The molecule has 5 N–H and O–H groups in total. The van der Waals surface area contributed by atoms with Gasteiger partial charge < -0.3 is 35.1 Å². The summed E-state index contributed by atoms with van der Waals surface area (Å²) in [5.41, 5.74) is 4.64. The van der Waals surface area contributed by atoms with E-state index in [2.05, 4.69) is 36.2 Å². The average molecular weight is 863 g/mol. The molecule has 8 rings (SSSR count). The average Bonchev–Trinajstić information content (AvgIpc) is 4.08. The van der Waals surface area contributed by atoms with E-state index < -0.39 is 29.7 Å². The molecule has 19 nitrogen and oxygen atoms in total. The number of nitrogens with one attached hydrogen (secondary N) is 5. The lowest BCUT2D eigenvalue weighted by atomic mass is 10.0. The van der Waals surface area contributed by atoms with Crippen molar-refractivity contribution in [2.75, 3.05) is 76.5 Å². The second-order valence-corrected chi connectivity index (χ2v) is 15.5. The van der Waals surface area contributed by atoms with Gasteiger partial charge in [-0.1, -0.05) is 6.07 Å². The highest BCUT2D eigenvalue weighted by Gasteiger charge is 2.45. The number of carbonyl (C=O) groups is 6. The van der Waals surface area contributed by atoms with Crippen LogP contribution in [0.3, 0.4) is 0 Å². The van der Waals surface area contributed by atoms with Gasteiger partial charge in [0.05, 0.1) is 86.6 Å². The van der Waals surface area contributed by atoms with Crippen molar-refractivity contribution < 1.29 is 43.0 Å². The van der Waals surface area contributed by atoms with Crippen LogP contribution in [0.15, 0.2) is 60.8 Å². The molecule has 5 heterocycles. The summed E-state index contributed by atoms with van der Waals surface area (Å²) in [5.74, 6) is -1.67. The zero-order chi connectivity index (χ0) is 43.7. The molecule has 330 valence electrons. The number of nitrogens with zero attached hydrogens (tertiary/aromatic N) is 5. The normalized spacial score (nSPS) is 16.6. The molecule has 6 amide bonds. The molecule has 0 radical (unpaired) electrons. The summed E-state index contributed by atoms with van der Waals surface area (Å²) in [4.78, 5) is 87.1. The number of imide groups is 2. The van der Waals surface area contributed by atoms with Gasteiger partial charge in [-0.2, -0.15) is 5.10 Å². The number of piperidine rings is 1. The number of carbonyl (C=O) groups excluding carboxylic acids is 6. The largest absolute Gasteiger partial charge is 0.382 e. The van der Waals surface area contributed by atoms with Gasteiger partial charge in [-0.05, 0) is 80.9 Å². The van der Waals surface area contributed by atoms with Crippen LogP contribution in [-0.2, 0) is 41.7 Å². The second-order valence-electron chi connectivity index (χ2n) is 15.5. The summed E-state index contributed by atoms with van der Waals surface area (Å²) in [5, 5.41) is 16.5. The van der Waals surface area contributed by atoms with Gasteiger partial charge in [-0.15, -0.1) is 0 Å². The van der Waals surface area contributed by atoms with E-state index in [0.717, 1.165) is 52.3 Å². The number of hydrogen-bond donors (Lipinski definition) is 5. The number of likely N-dealkylation sites (tertiary alicyclic amines) is 1. The number of benzene rings is 3. The minimum atomic E-state index is -1.03. The minimum absolute atomic E-state index is 0.0524. The predicted molar refractivity (Wildman–Crippen MR) is 230 cm³/mol. The van der Waals surface area contributed by atoms with Crippen molar-refractivity contribution in [2.24, 2.45) is 0 Å². The maximum atomic E-state index is 13.2. The molecule has 2 saturated heterocycles. The lowest BCUT2D eigenvalue weighted by Crippen LogP contribution is -2.54. The highest BCUT2D eigenvalue weighted by molar-refractivity contribution is 6.25. The van der Waals surface area contributed by atoms with Crippen LogP contribution in [0.4, 0.5) is 11.4 Å². The molecule has 3 aromatic carbocycles. The number of aromatic amines is 1. The molecular formula is C44H50N10O9. The molecule has 1 atom stereocenters. The van der Waals surface area contributed by atoms with Crippen LogP contribution in [0.1, 0.15) is 69.0 Å². The summed E-state index contributed by atoms with van der Waals surface area (Å²) in [6.07, 6.45) is 4.49. The van der Waals surface area contributed by atoms with Gasteiger partial charge in [0, 0.05) is 48.3 Å². The molecule has 0 aliphatic carbocycles. The van der Waals surface area contributed by atoms with Crippen LogP contribution in [0.2, 0.25) is 0 Å². The van der Waals surface area contributed by atoms with E-state index >= 15 is 0 Å². The first kappa shape index (κ1) is 43.1. The molecule has 0 spiro atoms. The van der Waals surface area contributed by atoms with Crippen molar-refractivity contribution in [1.29, 1.82) is 0 Å². The zero-order valence-electron chi connectivity index (χ0n) is 34.8. The van der Waals surface area contributed by atoms with Gasteiger partial charge in [0.25, 0.3) is 17.7 Å². The molecular weight excluding hydrogens is 813 g/mol. The van der Waals surface area contributed by atoms with Crippen LogP contribution in [-0.4, -0.2) is 137 Å². The number of ether oxygens (including phenoxy) is 3. The van der Waals surface area contributed by atoms with E-state index in [9.17, 15) is 28.8 Å². The van der Waals surface area contributed by atoms with Gasteiger partial charge >= 0.3 is 0 Å². The third kappa shape index (κ3) is 10.4. The number of anilines is 2. The topological polar surface area (TPSA) is 231 Å². The molecule has 3 aliphatic heterocycles. The molecule has 2 fully saturated rings. The Balaban J connectivity index is 0.663. The van der Waals surface area contributed by atoms with Crippen LogP contribution in [0.5, 0.6) is 0 Å². The molecule has 5 aromatic rings. The fourth-order valence-corrected chi connectivity index (χ4v) is 7.99. The Hall–Kier alpha value is -6.54. The smallest absolute Gasteiger partial charge is 0.264 e. The third-order valence-electron chi connectivity index (χ3n) is 11.2. The second kappa shape index (κ2) is 20.1. The Morgan fingerprint density at radius 1 is 0.857 bits per heavy atom. The quantitative estimate of drug-likeness (QED) is 0.0529. The fraction of sp³-hybridized carbons (Fsp3) is 0.409. The Kier molecular flexibility index (Phi) is 13.8. The van der Waals surface area contributed by atoms with Gasteiger partial charge in [0.2, 0.25) is 17.7 Å². The van der Waals surface area contributed by atoms with Crippen LogP contribution in [0, 0.1) is 0 Å². The molecule has 19 heteroatoms. The molecule has 1 unspecified atom stereocenters. The van der Waals surface area contributed by atoms with E-state index in [1.807, 2.05) is 24.3 Å². The highest BCUT2D eigenvalue weighted by atomic mass is 16.5. The Labute approximate surface area is 362 Å². The summed E-state index contributed by atoms with van der Waals surface area (Å²) in [7, 11) is 0. The van der Waals surface area contributed by atoms with Crippen LogP contribution < -0.4 is 21.3 Å². The first-order valence-electron chi connectivity index (χ1n) is 21.3. The minimum Gasteiger partial charge on any atom is -0.382 e. The van der Waals surface area contributed by atoms with Crippen molar-refractivity contribution in [3.8, 4) is 0 Å². The van der Waals surface area contributed by atoms with Crippen molar-refractivity contribution in [3.63, 3.8) is 0 Å². The maximum absolute atomic E-state index is 13.2. The van der Waals surface area contributed by atoms with Gasteiger partial charge in [-0.25, -0.2) is 4.98 Å². The number of amides is 6. The first-order chi connectivity index (χ1) is 30.7. The number of aromatic nitrogens is 4. The Morgan fingerprint density at radius 3 is 2.46 bits per heavy atom. The summed E-state index contributed by atoms with van der Waals surface area (Å²) >= 11 is 0. The van der Waals surface area contributed by atoms with E-state index in [1.165, 1.54) is 12.8 Å². The van der Waals surface area contributed by atoms with Crippen molar-refractivity contribution in [1.82, 2.24) is 40.2 Å². The van der Waals surface area contributed by atoms with Crippen LogP contribution in [0.25, 0.3) is 21.9 Å². The number of imidazole rings is 1. The number of H-pyrrole nitrogens is 1. The predicted octanol–water partition coefficient (Wildman–Crippen LogP) is 2.83. The zero-order valence-corrected chi connectivity index (χ0v) is 34.8. The van der Waals surface area contributed by atoms with E-state index in [-0.39, 0.29) is 48.8 Å². The summed E-state index contributed by atoms with van der Waals surface area (Å²) < 4.78 is 18.5. The molecule has 0 saturated carbocycles. The van der Waals surface area contributed by atoms with E-state index in [4.69, 9.17) is 19.2 Å². The summed E-state index contributed by atoms with van der Waals surface area (Å²) in [6.45, 7) is 6.01. The lowest BCUT2D eigenvalue weighted by molar-refractivity contribution is -0.136. The van der Waals surface area contributed by atoms with Crippen LogP contribution >= 0.6 is 0 Å². The molecule has 0 bridgehead atoms. The van der Waals surface area contributed by atoms with Crippen molar-refractivity contribution >= 4 is 68.8 Å².